The molecule has 4 nitrogen and oxygen atoms in total. The number of esters is 2. The molecule has 0 unspecified atom stereocenters. The van der Waals surface area contributed by atoms with Gasteiger partial charge in [-0.1, -0.05) is 0 Å². The summed E-state index contributed by atoms with van der Waals surface area (Å²) in [5, 5.41) is 0. The minimum Gasteiger partial charge on any atom is -0.462 e. The predicted octanol–water partition coefficient (Wildman–Crippen LogP) is 2.81. The van der Waals surface area contributed by atoms with E-state index in [9.17, 15) is 9.59 Å². The summed E-state index contributed by atoms with van der Waals surface area (Å²) in [6, 6.07) is 6.30. The Bertz CT molecular complexity index is 432. The van der Waals surface area contributed by atoms with Crippen molar-refractivity contribution >= 4 is 11.9 Å². The van der Waals surface area contributed by atoms with Crippen LogP contribution in [0.1, 0.15) is 38.1 Å². The number of benzene rings is 1. The fraction of sp³-hybridized carbons (Fsp3) is 0.429. The van der Waals surface area contributed by atoms with E-state index in [1.807, 2.05) is 0 Å². The molecule has 0 aliphatic rings. The van der Waals surface area contributed by atoms with Gasteiger partial charge in [0.2, 0.25) is 0 Å². The third-order valence-electron chi connectivity index (χ3n) is 2.19. The molecule has 0 saturated carbocycles. The molecule has 0 N–H and O–H groups in total. The standard InChI is InChI=1S/C14H18O4.Zn/c1-5-17-12(15)10-6-8-11(9-7-10)18-13(16)14(2,3)4;/h6-9H,5H2,1-4H3;. The molecule has 0 spiro atoms. The molecule has 0 aliphatic heterocycles. The van der Waals surface area contributed by atoms with Crippen molar-refractivity contribution in [2.24, 2.45) is 5.41 Å². The maximum Gasteiger partial charge on any atom is 0.338 e. The Kier molecular flexibility index (Phi) is 6.92. The maximum atomic E-state index is 11.6. The maximum absolute atomic E-state index is 11.6. The molecular formula is C14H18O4Zn. The van der Waals surface area contributed by atoms with Crippen LogP contribution in [0.2, 0.25) is 0 Å². The molecule has 0 amide bonds. The molecule has 100 valence electrons. The van der Waals surface area contributed by atoms with E-state index >= 15 is 0 Å². The molecule has 5 heteroatoms. The Hall–Kier alpha value is -1.22. The van der Waals surface area contributed by atoms with Crippen molar-refractivity contribution in [1.29, 1.82) is 0 Å². The van der Waals surface area contributed by atoms with Crippen molar-refractivity contribution < 1.29 is 38.5 Å². The van der Waals surface area contributed by atoms with Crippen molar-refractivity contribution in [1.82, 2.24) is 0 Å². The van der Waals surface area contributed by atoms with Crippen LogP contribution in [-0.2, 0) is 29.0 Å². The zero-order valence-electron chi connectivity index (χ0n) is 11.9. The molecule has 0 radical (unpaired) electrons. The second-order valence-electron chi connectivity index (χ2n) is 4.88. The molecule has 0 atom stereocenters. The molecule has 1 aromatic rings. The molecular weight excluding hydrogens is 298 g/mol. The van der Waals surface area contributed by atoms with Gasteiger partial charge in [0.1, 0.15) is 5.75 Å². The first-order valence-electron chi connectivity index (χ1n) is 5.84. The minimum absolute atomic E-state index is 0. The van der Waals surface area contributed by atoms with E-state index in [0.29, 0.717) is 17.9 Å². The fourth-order valence-corrected chi connectivity index (χ4v) is 1.13. The Morgan fingerprint density at radius 2 is 1.63 bits per heavy atom. The van der Waals surface area contributed by atoms with Crippen LogP contribution >= 0.6 is 0 Å². The van der Waals surface area contributed by atoms with Gasteiger partial charge in [0, 0.05) is 19.5 Å². The monoisotopic (exact) mass is 314 g/mol. The molecule has 0 fully saturated rings. The van der Waals surface area contributed by atoms with Gasteiger partial charge in [-0.15, -0.1) is 0 Å². The molecule has 0 aliphatic carbocycles. The number of carbonyl (C=O) groups is 2. The quantitative estimate of drug-likeness (QED) is 0.489. The summed E-state index contributed by atoms with van der Waals surface area (Å²) in [5.41, 5.74) is -0.118. The van der Waals surface area contributed by atoms with Crippen molar-refractivity contribution in [3.63, 3.8) is 0 Å². The smallest absolute Gasteiger partial charge is 0.338 e. The van der Waals surface area contributed by atoms with Gasteiger partial charge >= 0.3 is 11.9 Å². The summed E-state index contributed by atoms with van der Waals surface area (Å²) in [5.74, 6) is -0.277. The largest absolute Gasteiger partial charge is 0.462 e. The van der Waals surface area contributed by atoms with Gasteiger partial charge in [0.25, 0.3) is 0 Å². The first-order chi connectivity index (χ1) is 8.34. The van der Waals surface area contributed by atoms with Crippen LogP contribution in [0.4, 0.5) is 0 Å². The third-order valence-corrected chi connectivity index (χ3v) is 2.19. The van der Waals surface area contributed by atoms with Crippen LogP contribution in [0.15, 0.2) is 24.3 Å². The summed E-state index contributed by atoms with van der Waals surface area (Å²) in [6.07, 6.45) is 0. The van der Waals surface area contributed by atoms with Gasteiger partial charge < -0.3 is 9.47 Å². The minimum atomic E-state index is -0.556. The SMILES string of the molecule is CCOC(=O)c1ccc(OC(=O)C(C)(C)C)cc1.[Zn]. The third kappa shape index (κ3) is 5.52. The second-order valence-corrected chi connectivity index (χ2v) is 4.88. The number of carbonyl (C=O) groups excluding carboxylic acids is 2. The van der Waals surface area contributed by atoms with Crippen LogP contribution in [0.3, 0.4) is 0 Å². The average Bonchev–Trinajstić information content (AvgIpc) is 2.29. The summed E-state index contributed by atoms with van der Waals surface area (Å²) >= 11 is 0. The number of ether oxygens (including phenoxy) is 2. The summed E-state index contributed by atoms with van der Waals surface area (Å²) in [6.45, 7) is 7.42. The zero-order valence-corrected chi connectivity index (χ0v) is 14.8. The van der Waals surface area contributed by atoms with E-state index in [1.54, 1.807) is 52.0 Å². The van der Waals surface area contributed by atoms with Crippen molar-refractivity contribution in [3.05, 3.63) is 29.8 Å². The molecule has 0 aromatic heterocycles. The first kappa shape index (κ1) is 17.8. The van der Waals surface area contributed by atoms with E-state index in [-0.39, 0.29) is 31.4 Å². The molecule has 19 heavy (non-hydrogen) atoms. The van der Waals surface area contributed by atoms with Gasteiger partial charge in [-0.05, 0) is 52.0 Å². The molecule has 0 saturated heterocycles. The Morgan fingerprint density at radius 1 is 1.11 bits per heavy atom. The fourth-order valence-electron chi connectivity index (χ4n) is 1.13. The van der Waals surface area contributed by atoms with Gasteiger partial charge in [-0.3, -0.25) is 4.79 Å². The molecule has 1 aromatic carbocycles. The van der Waals surface area contributed by atoms with Crippen LogP contribution in [-0.4, -0.2) is 18.5 Å². The Morgan fingerprint density at radius 3 is 2.05 bits per heavy atom. The van der Waals surface area contributed by atoms with Gasteiger partial charge in [-0.2, -0.15) is 0 Å². The second kappa shape index (κ2) is 7.39. The summed E-state index contributed by atoms with van der Waals surface area (Å²) < 4.78 is 10.0. The van der Waals surface area contributed by atoms with Crippen molar-refractivity contribution in [2.75, 3.05) is 6.61 Å². The van der Waals surface area contributed by atoms with E-state index in [2.05, 4.69) is 0 Å². The van der Waals surface area contributed by atoms with Crippen LogP contribution in [0.5, 0.6) is 5.75 Å². The Labute approximate surface area is 126 Å². The number of hydrogen-bond donors (Lipinski definition) is 0. The molecule has 1 rings (SSSR count). The van der Waals surface area contributed by atoms with Crippen LogP contribution in [0, 0.1) is 5.41 Å². The topological polar surface area (TPSA) is 52.6 Å². The summed E-state index contributed by atoms with van der Waals surface area (Å²) in [7, 11) is 0. The zero-order chi connectivity index (χ0) is 13.8. The number of hydrogen-bond acceptors (Lipinski definition) is 4. The normalized spacial score (nSPS) is 10.3. The van der Waals surface area contributed by atoms with Crippen LogP contribution < -0.4 is 4.74 Å². The van der Waals surface area contributed by atoms with Crippen molar-refractivity contribution in [3.8, 4) is 5.75 Å². The van der Waals surface area contributed by atoms with Gasteiger partial charge in [-0.25, -0.2) is 4.79 Å². The Balaban J connectivity index is 0.00000324. The molecule has 0 bridgehead atoms. The van der Waals surface area contributed by atoms with E-state index in [1.165, 1.54) is 0 Å². The van der Waals surface area contributed by atoms with Gasteiger partial charge in [0.15, 0.2) is 0 Å². The van der Waals surface area contributed by atoms with Gasteiger partial charge in [0.05, 0.1) is 17.6 Å². The first-order valence-corrected chi connectivity index (χ1v) is 5.84. The predicted molar refractivity (Wildman–Crippen MR) is 67.5 cm³/mol. The molecule has 0 heterocycles. The summed E-state index contributed by atoms with van der Waals surface area (Å²) in [4.78, 5) is 23.0. The average molecular weight is 316 g/mol. The van der Waals surface area contributed by atoms with Crippen LogP contribution in [0.25, 0.3) is 0 Å². The number of rotatable bonds is 3. The van der Waals surface area contributed by atoms with E-state index in [0.717, 1.165) is 0 Å². The van der Waals surface area contributed by atoms with Crippen molar-refractivity contribution in [2.45, 2.75) is 27.7 Å². The van der Waals surface area contributed by atoms with E-state index < -0.39 is 5.41 Å². The van der Waals surface area contributed by atoms with E-state index in [4.69, 9.17) is 9.47 Å².